The van der Waals surface area contributed by atoms with Gasteiger partial charge in [0, 0.05) is 16.3 Å². The van der Waals surface area contributed by atoms with E-state index in [-0.39, 0.29) is 25.9 Å². The van der Waals surface area contributed by atoms with E-state index in [2.05, 4.69) is 0 Å². The number of carbonyl (C=O) groups excluding carboxylic acids is 1. The number of fused-ring (bicyclic) bond motifs is 2. The SMILES string of the molecule is O=C([O-])C[NH+]1C[C@]2([N+](=O)[O-])C=CC[C@]([N+](=O)[O-])(C1)C2. The molecule has 2 rings (SSSR count). The summed E-state index contributed by atoms with van der Waals surface area (Å²) in [6.45, 7) is -0.562. The van der Waals surface area contributed by atoms with Gasteiger partial charge in [0.1, 0.15) is 19.5 Å². The van der Waals surface area contributed by atoms with E-state index in [1.807, 2.05) is 0 Å². The smallest absolute Gasteiger partial charge is 0.294 e. The Morgan fingerprint density at radius 3 is 2.47 bits per heavy atom. The van der Waals surface area contributed by atoms with Crippen LogP contribution >= 0.6 is 0 Å². The third kappa shape index (κ3) is 2.16. The first kappa shape index (κ1) is 13.4. The van der Waals surface area contributed by atoms with E-state index in [0.717, 1.165) is 0 Å². The van der Waals surface area contributed by atoms with Crippen LogP contribution in [0, 0.1) is 20.2 Å². The molecule has 1 fully saturated rings. The summed E-state index contributed by atoms with van der Waals surface area (Å²) in [6.07, 6.45) is 2.73. The number of hydrogen-bond acceptors (Lipinski definition) is 6. The van der Waals surface area contributed by atoms with Crippen LogP contribution in [-0.2, 0) is 4.79 Å². The largest absolute Gasteiger partial charge is 0.544 e. The molecule has 1 aliphatic carbocycles. The lowest BCUT2D eigenvalue weighted by molar-refractivity contribution is -0.938. The van der Waals surface area contributed by atoms with E-state index in [1.165, 1.54) is 12.2 Å². The van der Waals surface area contributed by atoms with E-state index in [0.29, 0.717) is 4.90 Å². The molecule has 104 valence electrons. The van der Waals surface area contributed by atoms with Crippen molar-refractivity contribution in [3.05, 3.63) is 32.4 Å². The molecule has 2 bridgehead atoms. The molecule has 1 saturated heterocycles. The molecule has 19 heavy (non-hydrogen) atoms. The predicted octanol–water partition coefficient (Wildman–Crippen LogP) is -2.98. The number of carboxylic acid groups (broad SMARTS) is 1. The van der Waals surface area contributed by atoms with Crippen LogP contribution < -0.4 is 10.0 Å². The van der Waals surface area contributed by atoms with Crippen LogP contribution in [0.4, 0.5) is 0 Å². The van der Waals surface area contributed by atoms with Gasteiger partial charge < -0.3 is 14.8 Å². The van der Waals surface area contributed by atoms with Gasteiger partial charge in [0.15, 0.2) is 6.54 Å². The molecule has 0 saturated carbocycles. The number of piperidine rings is 1. The van der Waals surface area contributed by atoms with Crippen LogP contribution in [0.3, 0.4) is 0 Å². The lowest BCUT2D eigenvalue weighted by Crippen LogP contribution is -3.19. The number of rotatable bonds is 4. The van der Waals surface area contributed by atoms with Crippen LogP contribution in [0.25, 0.3) is 0 Å². The first-order chi connectivity index (χ1) is 8.80. The standard InChI is InChI=1S/C10H13N3O6/c14-8(15)4-11-6-9(12(16)17)2-1-3-10(5-9,7-11)13(18)19/h1-2H,3-7H2,(H,14,15)/t9-,10+/m0/s1. The highest BCUT2D eigenvalue weighted by molar-refractivity contribution is 5.65. The van der Waals surface area contributed by atoms with Crippen molar-refractivity contribution in [3.8, 4) is 0 Å². The first-order valence-electron chi connectivity index (χ1n) is 5.80. The number of carboxylic acids is 1. The second-order valence-electron chi connectivity index (χ2n) is 5.28. The normalized spacial score (nSPS) is 36.7. The highest BCUT2D eigenvalue weighted by atomic mass is 16.6. The molecular formula is C10H13N3O6. The Morgan fingerprint density at radius 1 is 1.26 bits per heavy atom. The Kier molecular flexibility index (Phi) is 3.01. The highest BCUT2D eigenvalue weighted by Gasteiger charge is 2.65. The molecule has 1 aliphatic heterocycles. The van der Waals surface area contributed by atoms with Gasteiger partial charge in [0.25, 0.3) is 11.1 Å². The lowest BCUT2D eigenvalue weighted by atomic mass is 9.72. The van der Waals surface area contributed by atoms with Gasteiger partial charge in [-0.2, -0.15) is 0 Å². The molecule has 1 N–H and O–H groups in total. The monoisotopic (exact) mass is 271 g/mol. The molecule has 1 unspecified atom stereocenters. The fourth-order valence-corrected chi connectivity index (χ4v) is 3.14. The molecule has 2 aliphatic rings. The fraction of sp³-hybridized carbons (Fsp3) is 0.700. The summed E-state index contributed by atoms with van der Waals surface area (Å²) in [7, 11) is 0. The zero-order valence-electron chi connectivity index (χ0n) is 10.0. The molecule has 1 heterocycles. The van der Waals surface area contributed by atoms with Gasteiger partial charge in [-0.3, -0.25) is 20.2 Å². The van der Waals surface area contributed by atoms with E-state index >= 15 is 0 Å². The van der Waals surface area contributed by atoms with Crippen LogP contribution in [0.15, 0.2) is 12.2 Å². The topological polar surface area (TPSA) is 131 Å². The van der Waals surface area contributed by atoms with E-state index < -0.39 is 33.4 Å². The molecule has 0 spiro atoms. The number of nitro groups is 2. The number of nitrogens with one attached hydrogen (secondary N) is 1. The summed E-state index contributed by atoms with van der Waals surface area (Å²) in [5.74, 6) is -1.36. The maximum Gasteiger partial charge on any atom is 0.294 e. The van der Waals surface area contributed by atoms with Crippen LogP contribution in [0.5, 0.6) is 0 Å². The number of nitrogens with zero attached hydrogens (tertiary/aromatic N) is 2. The Labute approximate surface area is 107 Å². The average Bonchev–Trinajstić information content (AvgIpc) is 2.27. The molecule has 0 aromatic carbocycles. The van der Waals surface area contributed by atoms with Crippen molar-refractivity contribution < 1.29 is 24.6 Å². The summed E-state index contributed by atoms with van der Waals surface area (Å²) in [5.41, 5.74) is -3.00. The van der Waals surface area contributed by atoms with Crippen molar-refractivity contribution in [2.24, 2.45) is 0 Å². The van der Waals surface area contributed by atoms with Gasteiger partial charge in [0.2, 0.25) is 0 Å². The maximum absolute atomic E-state index is 11.3. The quantitative estimate of drug-likeness (QED) is 0.329. The third-order valence-corrected chi connectivity index (χ3v) is 3.84. The average molecular weight is 271 g/mol. The second-order valence-corrected chi connectivity index (χ2v) is 5.28. The lowest BCUT2D eigenvalue weighted by Gasteiger charge is -2.41. The van der Waals surface area contributed by atoms with Gasteiger partial charge in [-0.15, -0.1) is 0 Å². The Hall–Kier alpha value is -2.03. The molecule has 0 aromatic heterocycles. The number of hydrogen-bond donors (Lipinski definition) is 1. The zero-order chi connectivity index (χ0) is 14.3. The van der Waals surface area contributed by atoms with Crippen molar-refractivity contribution in [1.82, 2.24) is 0 Å². The minimum absolute atomic E-state index is 0.0338. The summed E-state index contributed by atoms with van der Waals surface area (Å²) >= 11 is 0. The van der Waals surface area contributed by atoms with E-state index in [1.54, 1.807) is 0 Å². The van der Waals surface area contributed by atoms with Gasteiger partial charge >= 0.3 is 0 Å². The third-order valence-electron chi connectivity index (χ3n) is 3.84. The van der Waals surface area contributed by atoms with E-state index in [9.17, 15) is 30.1 Å². The van der Waals surface area contributed by atoms with Gasteiger partial charge in [-0.05, 0) is 6.08 Å². The Morgan fingerprint density at radius 2 is 1.95 bits per heavy atom. The number of quaternary nitrogens is 1. The van der Waals surface area contributed by atoms with Crippen molar-refractivity contribution in [3.63, 3.8) is 0 Å². The van der Waals surface area contributed by atoms with E-state index in [4.69, 9.17) is 0 Å². The minimum atomic E-state index is -1.55. The Bertz CT molecular complexity index is 478. The number of likely N-dealkylation sites (tertiary alicyclic amines) is 1. The molecular weight excluding hydrogens is 258 g/mol. The number of carbonyl (C=O) groups is 1. The minimum Gasteiger partial charge on any atom is -0.544 e. The first-order valence-corrected chi connectivity index (χ1v) is 5.80. The van der Waals surface area contributed by atoms with Crippen molar-refractivity contribution in [1.29, 1.82) is 0 Å². The van der Waals surface area contributed by atoms with Gasteiger partial charge in [-0.1, -0.05) is 6.08 Å². The van der Waals surface area contributed by atoms with Gasteiger partial charge in [0.05, 0.1) is 5.97 Å². The van der Waals surface area contributed by atoms with Crippen molar-refractivity contribution in [2.45, 2.75) is 23.9 Å². The summed E-state index contributed by atoms with van der Waals surface area (Å²) in [4.78, 5) is 32.4. The van der Waals surface area contributed by atoms with Crippen molar-refractivity contribution >= 4 is 5.97 Å². The highest BCUT2D eigenvalue weighted by Crippen LogP contribution is 2.35. The molecule has 9 nitrogen and oxygen atoms in total. The molecule has 3 atom stereocenters. The molecule has 0 radical (unpaired) electrons. The summed E-state index contributed by atoms with van der Waals surface area (Å²) in [6, 6.07) is 0. The molecule has 0 aromatic rings. The Balaban J connectivity index is 2.39. The predicted molar refractivity (Wildman–Crippen MR) is 58.4 cm³/mol. The maximum atomic E-state index is 11.3. The van der Waals surface area contributed by atoms with Gasteiger partial charge in [-0.25, -0.2) is 0 Å². The zero-order valence-corrected chi connectivity index (χ0v) is 10.0. The van der Waals surface area contributed by atoms with Crippen LogP contribution in [0.1, 0.15) is 12.8 Å². The summed E-state index contributed by atoms with van der Waals surface area (Å²) < 4.78 is 0. The summed E-state index contributed by atoms with van der Waals surface area (Å²) in [5, 5.41) is 33.1. The molecule has 9 heteroatoms. The van der Waals surface area contributed by atoms with Crippen molar-refractivity contribution in [2.75, 3.05) is 19.6 Å². The van der Waals surface area contributed by atoms with Crippen LogP contribution in [0.2, 0.25) is 0 Å². The number of aliphatic carboxylic acids is 1. The molecule has 0 amide bonds. The van der Waals surface area contributed by atoms with Crippen LogP contribution in [-0.4, -0.2) is 46.5 Å². The second kappa shape index (κ2) is 4.26. The fourth-order valence-electron chi connectivity index (χ4n) is 3.14.